The second kappa shape index (κ2) is 6.08. The van der Waals surface area contributed by atoms with E-state index in [0.717, 1.165) is 34.2 Å². The molecule has 0 heterocycles. The Morgan fingerprint density at radius 2 is 1.14 bits per heavy atom. The number of hydrogen-bond acceptors (Lipinski definition) is 3. The van der Waals surface area contributed by atoms with Gasteiger partial charge in [-0.3, -0.25) is 0 Å². The lowest BCUT2D eigenvalue weighted by atomic mass is 9.86. The zero-order valence-corrected chi connectivity index (χ0v) is 12.8. The molecule has 3 N–H and O–H groups in total. The van der Waals surface area contributed by atoms with E-state index in [1.807, 2.05) is 32.9 Å². The van der Waals surface area contributed by atoms with Crippen molar-refractivity contribution < 1.29 is 15.3 Å². The molecule has 0 saturated carbocycles. The smallest absolute Gasteiger partial charge is 0.161 e. The minimum Gasteiger partial charge on any atom is -0.508 e. The van der Waals surface area contributed by atoms with Crippen molar-refractivity contribution in [1.82, 2.24) is 0 Å². The van der Waals surface area contributed by atoms with Crippen molar-refractivity contribution in [2.24, 2.45) is 0 Å². The molecule has 0 bridgehead atoms. The van der Waals surface area contributed by atoms with Crippen molar-refractivity contribution in [3.05, 3.63) is 41.0 Å². The fourth-order valence-electron chi connectivity index (χ4n) is 2.97. The minimum absolute atomic E-state index is 0.00808. The second-order valence-corrected chi connectivity index (χ2v) is 5.12. The molecule has 0 aliphatic rings. The van der Waals surface area contributed by atoms with Gasteiger partial charge in [0.2, 0.25) is 0 Å². The highest BCUT2D eigenvalue weighted by atomic mass is 16.3. The van der Waals surface area contributed by atoms with Crippen LogP contribution in [-0.2, 0) is 19.3 Å². The maximum atomic E-state index is 10.3. The average Bonchev–Trinajstić information content (AvgIpc) is 2.50. The summed E-state index contributed by atoms with van der Waals surface area (Å²) in [6.07, 6.45) is 2.07. The monoisotopic (exact) mass is 286 g/mol. The Kier molecular flexibility index (Phi) is 4.41. The molecule has 0 saturated heterocycles. The van der Waals surface area contributed by atoms with Crippen molar-refractivity contribution >= 4 is 0 Å². The molecule has 2 rings (SSSR count). The summed E-state index contributed by atoms with van der Waals surface area (Å²) in [4.78, 5) is 0. The fourth-order valence-corrected chi connectivity index (χ4v) is 2.97. The minimum atomic E-state index is -0.0189. The van der Waals surface area contributed by atoms with Crippen LogP contribution in [0.5, 0.6) is 17.2 Å². The van der Waals surface area contributed by atoms with Gasteiger partial charge in [-0.1, -0.05) is 32.9 Å². The van der Waals surface area contributed by atoms with Crippen LogP contribution in [0, 0.1) is 0 Å². The van der Waals surface area contributed by atoms with Crippen LogP contribution in [0.4, 0.5) is 0 Å². The predicted octanol–water partition coefficient (Wildman–Crippen LogP) is 4.16. The van der Waals surface area contributed by atoms with Crippen LogP contribution >= 0.6 is 0 Å². The van der Waals surface area contributed by atoms with Gasteiger partial charge in [-0.25, -0.2) is 0 Å². The maximum absolute atomic E-state index is 10.3. The van der Waals surface area contributed by atoms with Gasteiger partial charge in [-0.05, 0) is 48.1 Å². The molecule has 112 valence electrons. The number of benzene rings is 2. The molecule has 0 aliphatic heterocycles. The van der Waals surface area contributed by atoms with Crippen LogP contribution in [0.2, 0.25) is 0 Å². The van der Waals surface area contributed by atoms with Gasteiger partial charge in [0.05, 0.1) is 0 Å². The van der Waals surface area contributed by atoms with Crippen LogP contribution in [0.15, 0.2) is 24.3 Å². The molecular formula is C18H22O3. The molecule has 0 aliphatic carbocycles. The van der Waals surface area contributed by atoms with Crippen LogP contribution in [0.25, 0.3) is 11.1 Å². The normalized spacial score (nSPS) is 10.8. The summed E-state index contributed by atoms with van der Waals surface area (Å²) in [5.74, 6) is 0.205. The average molecular weight is 286 g/mol. The topological polar surface area (TPSA) is 60.7 Å². The molecule has 3 nitrogen and oxygen atoms in total. The molecule has 2 aromatic carbocycles. The number of rotatable bonds is 4. The highest BCUT2D eigenvalue weighted by molar-refractivity contribution is 5.78. The summed E-state index contributed by atoms with van der Waals surface area (Å²) >= 11 is 0. The molecule has 0 spiro atoms. The summed E-state index contributed by atoms with van der Waals surface area (Å²) in [5, 5.41) is 30.0. The maximum Gasteiger partial charge on any atom is 0.161 e. The van der Waals surface area contributed by atoms with Gasteiger partial charge in [-0.2, -0.15) is 0 Å². The Bertz CT molecular complexity index is 643. The lowest BCUT2D eigenvalue weighted by Gasteiger charge is -2.20. The lowest BCUT2D eigenvalue weighted by Crippen LogP contribution is -2.01. The molecule has 21 heavy (non-hydrogen) atoms. The first kappa shape index (κ1) is 15.2. The van der Waals surface area contributed by atoms with Gasteiger partial charge in [0.1, 0.15) is 5.75 Å². The van der Waals surface area contributed by atoms with E-state index in [1.54, 1.807) is 12.1 Å². The standard InChI is InChI=1S/C18H22O3/c1-4-13-14(5-2)17(20)18(21)15(6-3)16(13)11-7-9-12(19)10-8-11/h7-10,19-21H,4-6H2,1-3H3. The highest BCUT2D eigenvalue weighted by Gasteiger charge is 2.21. The van der Waals surface area contributed by atoms with Crippen LogP contribution in [-0.4, -0.2) is 15.3 Å². The Morgan fingerprint density at radius 3 is 1.62 bits per heavy atom. The van der Waals surface area contributed by atoms with Gasteiger partial charge in [0.25, 0.3) is 0 Å². The Balaban J connectivity index is 2.84. The van der Waals surface area contributed by atoms with Crippen LogP contribution in [0.1, 0.15) is 37.5 Å². The molecular weight excluding hydrogens is 264 g/mol. The van der Waals surface area contributed by atoms with Gasteiger partial charge < -0.3 is 15.3 Å². The van der Waals surface area contributed by atoms with Crippen molar-refractivity contribution in [2.45, 2.75) is 40.0 Å². The summed E-state index contributed by atoms with van der Waals surface area (Å²) in [6.45, 7) is 5.98. The van der Waals surface area contributed by atoms with E-state index >= 15 is 0 Å². The summed E-state index contributed by atoms with van der Waals surface area (Å²) < 4.78 is 0. The van der Waals surface area contributed by atoms with Crippen LogP contribution < -0.4 is 0 Å². The van der Waals surface area contributed by atoms with Gasteiger partial charge >= 0.3 is 0 Å². The predicted molar refractivity (Wildman–Crippen MR) is 85.0 cm³/mol. The van der Waals surface area contributed by atoms with Crippen molar-refractivity contribution in [2.75, 3.05) is 0 Å². The summed E-state index contributed by atoms with van der Waals surface area (Å²) in [5.41, 5.74) is 4.55. The largest absolute Gasteiger partial charge is 0.508 e. The molecule has 0 atom stereocenters. The third-order valence-corrected chi connectivity index (χ3v) is 3.98. The number of aromatic hydroxyl groups is 3. The van der Waals surface area contributed by atoms with Gasteiger partial charge in [0.15, 0.2) is 11.5 Å². The molecule has 0 radical (unpaired) electrons. The van der Waals surface area contributed by atoms with E-state index in [-0.39, 0.29) is 17.2 Å². The zero-order chi connectivity index (χ0) is 15.6. The zero-order valence-electron chi connectivity index (χ0n) is 12.8. The quantitative estimate of drug-likeness (QED) is 0.740. The van der Waals surface area contributed by atoms with Gasteiger partial charge in [-0.15, -0.1) is 0 Å². The number of phenolic OH excluding ortho intramolecular Hbond substituents is 3. The first-order valence-electron chi connectivity index (χ1n) is 7.42. The fraction of sp³-hybridized carbons (Fsp3) is 0.333. The third kappa shape index (κ3) is 2.56. The van der Waals surface area contributed by atoms with E-state index in [1.165, 1.54) is 0 Å². The molecule has 0 fully saturated rings. The van der Waals surface area contributed by atoms with E-state index in [0.29, 0.717) is 12.8 Å². The molecule has 2 aromatic rings. The van der Waals surface area contributed by atoms with Crippen molar-refractivity contribution in [1.29, 1.82) is 0 Å². The Hall–Kier alpha value is -2.16. The molecule has 0 aromatic heterocycles. The molecule has 3 heteroatoms. The van der Waals surface area contributed by atoms with E-state index in [2.05, 4.69) is 0 Å². The number of hydrogen-bond donors (Lipinski definition) is 3. The summed E-state index contributed by atoms with van der Waals surface area (Å²) in [6, 6.07) is 6.98. The molecule has 0 unspecified atom stereocenters. The first-order valence-corrected chi connectivity index (χ1v) is 7.42. The Labute approximate surface area is 125 Å². The third-order valence-electron chi connectivity index (χ3n) is 3.98. The highest BCUT2D eigenvalue weighted by Crippen LogP contribution is 2.44. The second-order valence-electron chi connectivity index (χ2n) is 5.12. The van der Waals surface area contributed by atoms with Crippen LogP contribution in [0.3, 0.4) is 0 Å². The van der Waals surface area contributed by atoms with Gasteiger partial charge in [0, 0.05) is 11.1 Å². The number of phenols is 3. The van der Waals surface area contributed by atoms with Crippen molar-refractivity contribution in [3.63, 3.8) is 0 Å². The SMILES string of the molecule is CCc1c(O)c(O)c(CC)c(-c2ccc(O)cc2)c1CC. The van der Waals surface area contributed by atoms with E-state index in [9.17, 15) is 15.3 Å². The van der Waals surface area contributed by atoms with E-state index in [4.69, 9.17) is 0 Å². The van der Waals surface area contributed by atoms with Crippen molar-refractivity contribution in [3.8, 4) is 28.4 Å². The lowest BCUT2D eigenvalue weighted by molar-refractivity contribution is 0.395. The Morgan fingerprint density at radius 1 is 0.667 bits per heavy atom. The summed E-state index contributed by atoms with van der Waals surface area (Å²) in [7, 11) is 0. The van der Waals surface area contributed by atoms with E-state index < -0.39 is 0 Å². The first-order chi connectivity index (χ1) is 10.0. The molecule has 0 amide bonds.